The van der Waals surface area contributed by atoms with E-state index < -0.39 is 5.82 Å². The summed E-state index contributed by atoms with van der Waals surface area (Å²) in [4.78, 5) is 12.0. The SMILES string of the molecule is CC(NC(=O)NC(C)C(C)CO)c1ccc(OCC2CC2)c(F)c1. The monoisotopic (exact) mass is 338 g/mol. The van der Waals surface area contributed by atoms with Crippen LogP contribution in [0, 0.1) is 17.7 Å². The maximum absolute atomic E-state index is 14.1. The Morgan fingerprint density at radius 3 is 2.62 bits per heavy atom. The number of amides is 2. The molecule has 24 heavy (non-hydrogen) atoms. The van der Waals surface area contributed by atoms with Gasteiger partial charge in [0, 0.05) is 12.6 Å². The summed E-state index contributed by atoms with van der Waals surface area (Å²) in [5, 5.41) is 14.6. The summed E-state index contributed by atoms with van der Waals surface area (Å²) in [5.74, 6) is 0.375. The number of carbonyl (C=O) groups excluding carboxylic acids is 1. The van der Waals surface area contributed by atoms with Gasteiger partial charge in [0.05, 0.1) is 12.6 Å². The molecule has 1 aromatic rings. The Kier molecular flexibility index (Phi) is 6.43. The number of carbonyl (C=O) groups is 1. The minimum atomic E-state index is -0.413. The molecule has 1 saturated carbocycles. The molecule has 2 rings (SSSR count). The smallest absolute Gasteiger partial charge is 0.315 e. The Labute approximate surface area is 142 Å². The van der Waals surface area contributed by atoms with Crippen LogP contribution in [0.15, 0.2) is 18.2 Å². The van der Waals surface area contributed by atoms with Crippen LogP contribution in [0.4, 0.5) is 9.18 Å². The highest BCUT2D eigenvalue weighted by atomic mass is 19.1. The first-order valence-electron chi connectivity index (χ1n) is 8.50. The first-order chi connectivity index (χ1) is 11.4. The van der Waals surface area contributed by atoms with Gasteiger partial charge in [0.15, 0.2) is 11.6 Å². The summed E-state index contributed by atoms with van der Waals surface area (Å²) >= 11 is 0. The van der Waals surface area contributed by atoms with Crippen molar-refractivity contribution in [2.24, 2.45) is 11.8 Å². The Hall–Kier alpha value is -1.82. The maximum atomic E-state index is 14.1. The van der Waals surface area contributed by atoms with Gasteiger partial charge in [-0.1, -0.05) is 13.0 Å². The molecule has 6 heteroatoms. The van der Waals surface area contributed by atoms with E-state index >= 15 is 0 Å². The van der Waals surface area contributed by atoms with Crippen molar-refractivity contribution >= 4 is 6.03 Å². The predicted octanol–water partition coefficient (Wildman–Crippen LogP) is 2.99. The molecule has 0 bridgehead atoms. The highest BCUT2D eigenvalue weighted by Crippen LogP contribution is 2.30. The molecule has 0 aromatic heterocycles. The van der Waals surface area contributed by atoms with Crippen molar-refractivity contribution in [1.29, 1.82) is 0 Å². The highest BCUT2D eigenvalue weighted by molar-refractivity contribution is 5.74. The zero-order valence-electron chi connectivity index (χ0n) is 14.5. The molecule has 0 radical (unpaired) electrons. The molecule has 1 fully saturated rings. The largest absolute Gasteiger partial charge is 0.490 e. The molecule has 2 amide bonds. The lowest BCUT2D eigenvalue weighted by Crippen LogP contribution is -2.44. The number of nitrogens with one attached hydrogen (secondary N) is 2. The van der Waals surface area contributed by atoms with Crippen molar-refractivity contribution in [2.75, 3.05) is 13.2 Å². The second kappa shape index (κ2) is 8.33. The molecule has 1 aliphatic carbocycles. The number of aliphatic hydroxyl groups excluding tert-OH is 1. The number of benzene rings is 1. The molecule has 0 heterocycles. The first kappa shape index (κ1) is 18.5. The summed E-state index contributed by atoms with van der Waals surface area (Å²) < 4.78 is 19.6. The minimum Gasteiger partial charge on any atom is -0.490 e. The van der Waals surface area contributed by atoms with E-state index in [0.717, 1.165) is 12.8 Å². The van der Waals surface area contributed by atoms with E-state index in [2.05, 4.69) is 10.6 Å². The number of urea groups is 1. The fourth-order valence-corrected chi connectivity index (χ4v) is 2.22. The molecule has 1 aromatic carbocycles. The van der Waals surface area contributed by atoms with Crippen LogP contribution in [-0.2, 0) is 0 Å². The summed E-state index contributed by atoms with van der Waals surface area (Å²) in [6, 6.07) is 3.93. The number of ether oxygens (including phenoxy) is 1. The van der Waals surface area contributed by atoms with E-state index in [1.807, 2.05) is 13.8 Å². The zero-order chi connectivity index (χ0) is 17.7. The normalized spacial score (nSPS) is 17.7. The van der Waals surface area contributed by atoms with Crippen molar-refractivity contribution in [3.05, 3.63) is 29.6 Å². The number of halogens is 1. The fraction of sp³-hybridized carbons (Fsp3) is 0.611. The van der Waals surface area contributed by atoms with Crippen LogP contribution in [0.5, 0.6) is 5.75 Å². The number of hydrogen-bond acceptors (Lipinski definition) is 3. The van der Waals surface area contributed by atoms with Gasteiger partial charge in [0.1, 0.15) is 0 Å². The summed E-state index contributed by atoms with van der Waals surface area (Å²) in [6.45, 7) is 6.04. The van der Waals surface area contributed by atoms with E-state index in [1.54, 1.807) is 19.1 Å². The maximum Gasteiger partial charge on any atom is 0.315 e. The van der Waals surface area contributed by atoms with Crippen molar-refractivity contribution < 1.29 is 19.0 Å². The molecule has 0 saturated heterocycles. The van der Waals surface area contributed by atoms with Crippen LogP contribution in [-0.4, -0.2) is 30.4 Å². The third-order valence-corrected chi connectivity index (χ3v) is 4.48. The van der Waals surface area contributed by atoms with Gasteiger partial charge in [-0.2, -0.15) is 0 Å². The quantitative estimate of drug-likeness (QED) is 0.682. The van der Waals surface area contributed by atoms with Gasteiger partial charge in [-0.3, -0.25) is 0 Å². The Morgan fingerprint density at radius 2 is 2.04 bits per heavy atom. The third kappa shape index (κ3) is 5.37. The van der Waals surface area contributed by atoms with Crippen LogP contribution >= 0.6 is 0 Å². The van der Waals surface area contributed by atoms with Gasteiger partial charge in [-0.15, -0.1) is 0 Å². The first-order valence-corrected chi connectivity index (χ1v) is 8.50. The van der Waals surface area contributed by atoms with Crippen LogP contribution in [0.2, 0.25) is 0 Å². The Morgan fingerprint density at radius 1 is 1.33 bits per heavy atom. The van der Waals surface area contributed by atoms with E-state index in [1.165, 1.54) is 6.07 Å². The number of hydrogen-bond donors (Lipinski definition) is 3. The fourth-order valence-electron chi connectivity index (χ4n) is 2.22. The number of aliphatic hydroxyl groups is 1. The van der Waals surface area contributed by atoms with Gasteiger partial charge < -0.3 is 20.5 Å². The minimum absolute atomic E-state index is 0.00449. The van der Waals surface area contributed by atoms with Crippen molar-refractivity contribution in [2.45, 2.75) is 45.7 Å². The summed E-state index contributed by atoms with van der Waals surface area (Å²) in [6.07, 6.45) is 2.31. The topological polar surface area (TPSA) is 70.6 Å². The van der Waals surface area contributed by atoms with Crippen molar-refractivity contribution in [1.82, 2.24) is 10.6 Å². The molecular formula is C18H27FN2O3. The van der Waals surface area contributed by atoms with Gasteiger partial charge >= 0.3 is 6.03 Å². The zero-order valence-corrected chi connectivity index (χ0v) is 14.5. The molecular weight excluding hydrogens is 311 g/mol. The Bertz CT molecular complexity index is 563. The molecule has 0 spiro atoms. The summed E-state index contributed by atoms with van der Waals surface area (Å²) in [5.41, 5.74) is 0.671. The van der Waals surface area contributed by atoms with E-state index in [4.69, 9.17) is 9.84 Å². The molecule has 134 valence electrons. The van der Waals surface area contributed by atoms with Gasteiger partial charge in [-0.05, 0) is 56.2 Å². The molecule has 5 nitrogen and oxygen atoms in total. The van der Waals surface area contributed by atoms with Crippen LogP contribution in [0.1, 0.15) is 45.2 Å². The average Bonchev–Trinajstić information content (AvgIpc) is 3.36. The van der Waals surface area contributed by atoms with Crippen LogP contribution in [0.25, 0.3) is 0 Å². The lowest BCUT2D eigenvalue weighted by Gasteiger charge is -2.22. The number of rotatable bonds is 8. The van der Waals surface area contributed by atoms with E-state index in [9.17, 15) is 9.18 Å². The molecule has 0 aliphatic heterocycles. The van der Waals surface area contributed by atoms with Crippen molar-refractivity contribution in [3.63, 3.8) is 0 Å². The molecule has 3 atom stereocenters. The lowest BCUT2D eigenvalue weighted by atomic mass is 10.1. The van der Waals surface area contributed by atoms with E-state index in [-0.39, 0.29) is 36.4 Å². The highest BCUT2D eigenvalue weighted by Gasteiger charge is 2.23. The Balaban J connectivity index is 1.87. The van der Waals surface area contributed by atoms with Gasteiger partial charge in [0.25, 0.3) is 0 Å². The molecule has 3 N–H and O–H groups in total. The van der Waals surface area contributed by atoms with Crippen molar-refractivity contribution in [3.8, 4) is 5.75 Å². The summed E-state index contributed by atoms with van der Waals surface area (Å²) in [7, 11) is 0. The van der Waals surface area contributed by atoms with E-state index in [0.29, 0.717) is 18.1 Å². The van der Waals surface area contributed by atoms with Gasteiger partial charge in [-0.25, -0.2) is 9.18 Å². The van der Waals surface area contributed by atoms with Gasteiger partial charge in [0.2, 0.25) is 0 Å². The second-order valence-corrected chi connectivity index (χ2v) is 6.73. The van der Waals surface area contributed by atoms with Crippen LogP contribution in [0.3, 0.4) is 0 Å². The third-order valence-electron chi connectivity index (χ3n) is 4.48. The average molecular weight is 338 g/mol. The van der Waals surface area contributed by atoms with Crippen LogP contribution < -0.4 is 15.4 Å². The standard InChI is InChI=1S/C18H27FN2O3/c1-11(9-22)12(2)20-18(23)21-13(3)15-6-7-17(16(19)8-15)24-10-14-4-5-14/h6-8,11-14,22H,4-5,9-10H2,1-3H3,(H2,20,21,23). The molecule has 3 unspecified atom stereocenters. The predicted molar refractivity (Wildman–Crippen MR) is 90.4 cm³/mol. The molecule has 1 aliphatic rings. The second-order valence-electron chi connectivity index (χ2n) is 6.73. The lowest BCUT2D eigenvalue weighted by molar-refractivity contribution is 0.199.